The van der Waals surface area contributed by atoms with Gasteiger partial charge in [0.05, 0.1) is 5.56 Å². The number of benzene rings is 2. The number of hydrogen-bond acceptors (Lipinski definition) is 8. The molecular weight excluding hydrogens is 460 g/mol. The van der Waals surface area contributed by atoms with Crippen LogP contribution in [0.4, 0.5) is 5.95 Å². The van der Waals surface area contributed by atoms with Crippen LogP contribution in [0.25, 0.3) is 0 Å². The van der Waals surface area contributed by atoms with Crippen molar-refractivity contribution in [1.29, 1.82) is 0 Å². The molecule has 34 heavy (non-hydrogen) atoms. The summed E-state index contributed by atoms with van der Waals surface area (Å²) in [7, 11) is 0. The summed E-state index contributed by atoms with van der Waals surface area (Å²) in [6, 6.07) is 12.6. The quantitative estimate of drug-likeness (QED) is 0.466. The molecule has 2 aromatic carbocycles. The summed E-state index contributed by atoms with van der Waals surface area (Å²) < 4.78 is 12.1. The highest BCUT2D eigenvalue weighted by atomic mass is 35.5. The van der Waals surface area contributed by atoms with Crippen molar-refractivity contribution in [1.82, 2.24) is 25.5 Å². The van der Waals surface area contributed by atoms with Crippen LogP contribution >= 0.6 is 11.6 Å². The molecule has 1 unspecified atom stereocenters. The van der Waals surface area contributed by atoms with Crippen molar-refractivity contribution in [2.75, 3.05) is 31.6 Å². The first-order valence-electron chi connectivity index (χ1n) is 11.1. The van der Waals surface area contributed by atoms with Gasteiger partial charge in [0.25, 0.3) is 11.9 Å². The van der Waals surface area contributed by atoms with E-state index in [1.165, 1.54) is 0 Å². The predicted octanol–water partition coefficient (Wildman–Crippen LogP) is 2.31. The zero-order valence-corrected chi connectivity index (χ0v) is 19.2. The van der Waals surface area contributed by atoms with Crippen molar-refractivity contribution in [2.45, 2.75) is 31.0 Å². The number of rotatable bonds is 7. The van der Waals surface area contributed by atoms with Gasteiger partial charge in [0.15, 0.2) is 0 Å². The predicted molar refractivity (Wildman–Crippen MR) is 124 cm³/mol. The number of aromatic amines is 1. The molecule has 1 aromatic heterocycles. The van der Waals surface area contributed by atoms with Crippen LogP contribution in [0.1, 0.15) is 28.8 Å². The van der Waals surface area contributed by atoms with Gasteiger partial charge in [-0.1, -0.05) is 28.8 Å². The number of aliphatic hydroxyl groups is 1. The number of tetrazole rings is 1. The molecule has 1 amide bonds. The third-order valence-electron chi connectivity index (χ3n) is 6.23. The molecule has 3 heterocycles. The number of anilines is 1. The maximum Gasteiger partial charge on any atom is 0.270 e. The Bertz CT molecular complexity index is 1150. The lowest BCUT2D eigenvalue weighted by Crippen LogP contribution is -2.49. The van der Waals surface area contributed by atoms with E-state index in [2.05, 4.69) is 30.8 Å². The van der Waals surface area contributed by atoms with Gasteiger partial charge < -0.3 is 19.5 Å². The first-order chi connectivity index (χ1) is 16.5. The molecule has 1 saturated heterocycles. The van der Waals surface area contributed by atoms with Crippen LogP contribution in [-0.2, 0) is 6.42 Å². The number of fused-ring (bicyclic) bond motifs is 1. The monoisotopic (exact) mass is 484 g/mol. The molecule has 3 aromatic rings. The number of ether oxygens (including phenoxy) is 2. The van der Waals surface area contributed by atoms with Crippen molar-refractivity contribution in [2.24, 2.45) is 0 Å². The van der Waals surface area contributed by atoms with E-state index in [1.807, 2.05) is 18.2 Å². The Labute approximate surface area is 201 Å². The summed E-state index contributed by atoms with van der Waals surface area (Å²) in [5, 5.41) is 27.0. The number of halogens is 1. The summed E-state index contributed by atoms with van der Waals surface area (Å²) in [5.74, 6) is 0.941. The van der Waals surface area contributed by atoms with E-state index < -0.39 is 12.0 Å². The molecule has 0 aliphatic carbocycles. The summed E-state index contributed by atoms with van der Waals surface area (Å²) in [4.78, 5) is 14.7. The molecule has 1 atom stereocenters. The second-order valence-electron chi connectivity index (χ2n) is 8.67. The first-order valence-corrected chi connectivity index (χ1v) is 11.5. The summed E-state index contributed by atoms with van der Waals surface area (Å²) in [6.45, 7) is 2.19. The third kappa shape index (κ3) is 4.98. The van der Waals surface area contributed by atoms with Crippen LogP contribution in [0.15, 0.2) is 42.5 Å². The SMILES string of the molecule is O=C(Nc1nn[nH]n1)c1ccccc1OCC(O)CN1CCC2(CC1)Cc1cc(Cl)ccc1O2. The standard InChI is InChI=1S/C23H25ClN6O4/c24-16-5-6-19-15(11-16)12-23(34-19)7-9-30(10-8-23)13-17(31)14-33-20-4-2-1-3-18(20)21(32)25-22-26-28-29-27-22/h1-6,11,17,31H,7-10,12-14H2,(H2,25,26,27,28,29,32). The Hall–Kier alpha value is -3.21. The van der Waals surface area contributed by atoms with E-state index >= 15 is 0 Å². The highest BCUT2D eigenvalue weighted by Crippen LogP contribution is 2.41. The number of aromatic nitrogens is 4. The maximum absolute atomic E-state index is 12.5. The number of nitrogens with zero attached hydrogens (tertiary/aromatic N) is 4. The van der Waals surface area contributed by atoms with Crippen LogP contribution in [0.3, 0.4) is 0 Å². The number of nitrogens with one attached hydrogen (secondary N) is 2. The van der Waals surface area contributed by atoms with Gasteiger partial charge in [-0.2, -0.15) is 5.21 Å². The lowest BCUT2D eigenvalue weighted by Gasteiger charge is -2.39. The maximum atomic E-state index is 12.5. The average molecular weight is 485 g/mol. The molecule has 10 nitrogen and oxygen atoms in total. The minimum Gasteiger partial charge on any atom is -0.490 e. The van der Waals surface area contributed by atoms with Gasteiger partial charge in [-0.15, -0.1) is 5.10 Å². The number of aliphatic hydroxyl groups excluding tert-OH is 1. The zero-order valence-electron chi connectivity index (χ0n) is 18.4. The zero-order chi connectivity index (χ0) is 23.5. The molecule has 2 aliphatic heterocycles. The molecular formula is C23H25ClN6O4. The normalized spacial score (nSPS) is 17.7. The van der Waals surface area contributed by atoms with Crippen LogP contribution < -0.4 is 14.8 Å². The average Bonchev–Trinajstić information content (AvgIpc) is 3.47. The second-order valence-corrected chi connectivity index (χ2v) is 9.10. The minimum atomic E-state index is -0.706. The van der Waals surface area contributed by atoms with E-state index in [4.69, 9.17) is 21.1 Å². The largest absolute Gasteiger partial charge is 0.490 e. The number of likely N-dealkylation sites (tertiary alicyclic amines) is 1. The van der Waals surface area contributed by atoms with E-state index in [1.54, 1.807) is 24.3 Å². The fourth-order valence-electron chi connectivity index (χ4n) is 4.52. The number of carbonyl (C=O) groups is 1. The number of hydrogen-bond donors (Lipinski definition) is 3. The van der Waals surface area contributed by atoms with Crippen molar-refractivity contribution in [3.8, 4) is 11.5 Å². The minimum absolute atomic E-state index is 0.0641. The highest BCUT2D eigenvalue weighted by molar-refractivity contribution is 6.30. The molecule has 178 valence electrons. The Morgan fingerprint density at radius 1 is 1.29 bits per heavy atom. The Morgan fingerprint density at radius 2 is 2.12 bits per heavy atom. The number of carbonyl (C=O) groups excluding carboxylic acids is 1. The van der Waals surface area contributed by atoms with Gasteiger partial charge >= 0.3 is 0 Å². The molecule has 3 N–H and O–H groups in total. The smallest absolute Gasteiger partial charge is 0.270 e. The fourth-order valence-corrected chi connectivity index (χ4v) is 4.72. The lowest BCUT2D eigenvalue weighted by molar-refractivity contribution is -0.00199. The number of H-pyrrole nitrogens is 1. The van der Waals surface area contributed by atoms with Gasteiger partial charge in [-0.05, 0) is 41.1 Å². The van der Waals surface area contributed by atoms with Crippen LogP contribution in [0.2, 0.25) is 5.02 Å². The fraction of sp³-hybridized carbons (Fsp3) is 0.391. The van der Waals surface area contributed by atoms with E-state index in [0.717, 1.165) is 48.7 Å². The molecule has 11 heteroatoms. The van der Waals surface area contributed by atoms with Gasteiger partial charge in [-0.3, -0.25) is 10.1 Å². The van der Waals surface area contributed by atoms with Crippen molar-refractivity contribution < 1.29 is 19.4 Å². The number of piperidine rings is 1. The van der Waals surface area contributed by atoms with Crippen LogP contribution in [-0.4, -0.2) is 74.5 Å². The number of para-hydroxylation sites is 1. The summed E-state index contributed by atoms with van der Waals surface area (Å²) in [5.41, 5.74) is 1.30. The molecule has 1 fully saturated rings. The molecule has 2 aliphatic rings. The van der Waals surface area contributed by atoms with Gasteiger partial charge in [0.2, 0.25) is 0 Å². The molecule has 0 saturated carbocycles. The van der Waals surface area contributed by atoms with Gasteiger partial charge in [0, 0.05) is 43.9 Å². The van der Waals surface area contributed by atoms with Crippen LogP contribution in [0, 0.1) is 0 Å². The second kappa shape index (κ2) is 9.57. The van der Waals surface area contributed by atoms with E-state index in [-0.39, 0.29) is 18.2 Å². The van der Waals surface area contributed by atoms with E-state index in [9.17, 15) is 9.90 Å². The van der Waals surface area contributed by atoms with Gasteiger partial charge in [-0.25, -0.2) is 0 Å². The first kappa shape index (κ1) is 22.6. The Kier molecular flexibility index (Phi) is 6.36. The number of amides is 1. The van der Waals surface area contributed by atoms with E-state index in [0.29, 0.717) is 17.9 Å². The molecule has 5 rings (SSSR count). The van der Waals surface area contributed by atoms with Crippen LogP contribution in [0.5, 0.6) is 11.5 Å². The summed E-state index contributed by atoms with van der Waals surface area (Å²) in [6.07, 6.45) is 1.92. The highest BCUT2D eigenvalue weighted by Gasteiger charge is 2.42. The van der Waals surface area contributed by atoms with Gasteiger partial charge in [0.1, 0.15) is 29.8 Å². The van der Waals surface area contributed by atoms with Crippen molar-refractivity contribution >= 4 is 23.5 Å². The number of β-amino-alcohol motifs (C(OH)–C–C–N with tert-alkyl or cyclic N) is 1. The van der Waals surface area contributed by atoms with Crippen molar-refractivity contribution in [3.63, 3.8) is 0 Å². The molecule has 0 bridgehead atoms. The molecule has 1 spiro atoms. The molecule has 0 radical (unpaired) electrons. The topological polar surface area (TPSA) is 125 Å². The van der Waals surface area contributed by atoms with Crippen molar-refractivity contribution in [3.05, 3.63) is 58.6 Å². The Balaban J connectivity index is 1.11. The Morgan fingerprint density at radius 3 is 2.91 bits per heavy atom. The lowest BCUT2D eigenvalue weighted by atomic mass is 9.87. The summed E-state index contributed by atoms with van der Waals surface area (Å²) >= 11 is 6.13. The third-order valence-corrected chi connectivity index (χ3v) is 6.47.